The Morgan fingerprint density at radius 2 is 1.02 bits per heavy atom. The van der Waals surface area contributed by atoms with E-state index in [1.165, 1.54) is 48.5 Å². The van der Waals surface area contributed by atoms with Gasteiger partial charge in [0.05, 0.1) is 21.8 Å². The number of rotatable bonds is 10. The molecule has 7 aromatic rings. The monoisotopic (exact) mass is 914 g/mol. The summed E-state index contributed by atoms with van der Waals surface area (Å²) in [6.07, 6.45) is -4.87. The summed E-state index contributed by atoms with van der Waals surface area (Å²) in [6.45, 7) is 1.74. The van der Waals surface area contributed by atoms with Crippen LogP contribution in [0.1, 0.15) is 43.0 Å². The van der Waals surface area contributed by atoms with Gasteiger partial charge >= 0.3 is 6.18 Å². The molecule has 0 radical (unpaired) electrons. The lowest BCUT2D eigenvalue weighted by molar-refractivity contribution is -0.139. The molecule has 302 valence electrons. The maximum atomic E-state index is 13.2. The topological polar surface area (TPSA) is 126 Å². The van der Waals surface area contributed by atoms with Crippen molar-refractivity contribution in [1.29, 1.82) is 0 Å². The maximum absolute atomic E-state index is 13.2. The second-order valence-electron chi connectivity index (χ2n) is 12.6. The summed E-state index contributed by atoms with van der Waals surface area (Å²) >= 11 is 19.2. The van der Waals surface area contributed by atoms with Crippen molar-refractivity contribution in [2.24, 2.45) is 0 Å². The highest BCUT2D eigenvalue weighted by atomic mass is 35.5. The average molecular weight is 916 g/mol. The first kappa shape index (κ1) is 43.4. The van der Waals surface area contributed by atoms with Gasteiger partial charge in [-0.05, 0) is 84.6 Å². The molecule has 0 spiro atoms. The molecule has 7 rings (SSSR count). The summed E-state index contributed by atoms with van der Waals surface area (Å²) < 4.78 is 97.2. The molecule has 8 nitrogen and oxygen atoms in total. The van der Waals surface area contributed by atoms with Gasteiger partial charge in [-0.15, -0.1) is 11.3 Å². The molecule has 1 heterocycles. The number of sulfonamides is 2. The number of ketones is 2. The number of hydrogen-bond donors (Lipinski definition) is 2. The molecule has 59 heavy (non-hydrogen) atoms. The van der Waals surface area contributed by atoms with Gasteiger partial charge in [-0.1, -0.05) is 108 Å². The Labute approximate surface area is 356 Å². The average Bonchev–Trinajstić information content (AvgIpc) is 3.55. The van der Waals surface area contributed by atoms with E-state index in [1.807, 2.05) is 0 Å². The Morgan fingerprint density at radius 1 is 0.576 bits per heavy atom. The van der Waals surface area contributed by atoms with Crippen LogP contribution in [0.25, 0.3) is 10.1 Å². The van der Waals surface area contributed by atoms with E-state index >= 15 is 0 Å². The Bertz CT molecular complexity index is 2950. The van der Waals surface area contributed by atoms with Gasteiger partial charge in [-0.3, -0.25) is 19.0 Å². The van der Waals surface area contributed by atoms with E-state index < -0.39 is 42.5 Å². The zero-order chi connectivity index (χ0) is 42.7. The predicted octanol–water partition coefficient (Wildman–Crippen LogP) is 11.9. The molecule has 0 aliphatic heterocycles. The lowest BCUT2D eigenvalue weighted by Gasteiger charge is -2.16. The zero-order valence-corrected chi connectivity index (χ0v) is 34.9. The number of fused-ring (bicyclic) bond motifs is 1. The third kappa shape index (κ3) is 9.98. The van der Waals surface area contributed by atoms with Crippen LogP contribution in [0, 0.1) is 6.92 Å². The third-order valence-electron chi connectivity index (χ3n) is 8.59. The number of thiophene rings is 1. The number of nitrogens with one attached hydrogen (secondary N) is 2. The smallest absolute Gasteiger partial charge is 0.289 e. The molecule has 0 unspecified atom stereocenters. The molecule has 17 heteroatoms. The van der Waals surface area contributed by atoms with Crippen molar-refractivity contribution in [3.05, 3.63) is 188 Å². The first-order chi connectivity index (χ1) is 27.9. The highest BCUT2D eigenvalue weighted by Gasteiger charge is 2.37. The SMILES string of the molecule is Cc1c(S(=O)(=O)Nc2ccc(Cl)cc2C(=O)c2ccccc2)sc2ccc(Cl)cc12.O=C(c1ccccc1)c1cc(Cl)ccc1NS(=O)(=O)c1ccccc1C(F)(F)F. The number of carbonyl (C=O) groups is 2. The molecule has 0 bridgehead atoms. The van der Waals surface area contributed by atoms with Crippen molar-refractivity contribution < 1.29 is 39.6 Å². The number of hydrogen-bond acceptors (Lipinski definition) is 7. The van der Waals surface area contributed by atoms with E-state index in [0.29, 0.717) is 27.2 Å². The number of benzene rings is 6. The van der Waals surface area contributed by atoms with Crippen LogP contribution in [0.4, 0.5) is 24.5 Å². The Hall–Kier alpha value is -5.22. The van der Waals surface area contributed by atoms with E-state index in [2.05, 4.69) is 9.44 Å². The van der Waals surface area contributed by atoms with Crippen molar-refractivity contribution in [3.63, 3.8) is 0 Å². The van der Waals surface area contributed by atoms with Crippen molar-refractivity contribution in [2.75, 3.05) is 9.44 Å². The van der Waals surface area contributed by atoms with Gasteiger partial charge in [-0.2, -0.15) is 13.2 Å². The normalized spacial score (nSPS) is 11.7. The molecule has 0 atom stereocenters. The summed E-state index contributed by atoms with van der Waals surface area (Å²) in [5, 5.41) is 1.83. The molecule has 0 aliphatic carbocycles. The Kier molecular flexibility index (Phi) is 12.9. The molecular weight excluding hydrogens is 888 g/mol. The van der Waals surface area contributed by atoms with E-state index in [4.69, 9.17) is 34.8 Å². The van der Waals surface area contributed by atoms with Crippen molar-refractivity contribution in [2.45, 2.75) is 22.2 Å². The van der Waals surface area contributed by atoms with Gasteiger partial charge in [-0.25, -0.2) is 16.8 Å². The second-order valence-corrected chi connectivity index (χ2v) is 18.5. The standard InChI is InChI=1S/C22H15Cl2NO3S2.C20H13ClF3NO3S/c1-13-17-11-16(24)8-10-20(17)29-22(13)30(27,28)25-19-9-7-15(23)12-18(19)21(26)14-5-3-2-4-6-14;21-14-10-11-17(15(12-14)19(26)13-6-2-1-3-7-13)25-29(27,28)18-9-5-4-8-16(18)20(22,23)24/h2-12,25H,1H3;1-12,25H. The molecule has 0 fully saturated rings. The minimum atomic E-state index is -4.87. The fourth-order valence-corrected chi connectivity index (χ4v) is 10.5. The largest absolute Gasteiger partial charge is 0.417 e. The third-order valence-corrected chi connectivity index (χ3v) is 14.0. The molecule has 2 N–H and O–H groups in total. The molecule has 6 aromatic carbocycles. The lowest BCUT2D eigenvalue weighted by Crippen LogP contribution is -2.20. The molecule has 0 aliphatic rings. The lowest BCUT2D eigenvalue weighted by atomic mass is 10.0. The van der Waals surface area contributed by atoms with Crippen LogP contribution in [0.15, 0.2) is 149 Å². The number of halogens is 6. The zero-order valence-electron chi connectivity index (χ0n) is 30.2. The molecular formula is C42H28Cl3F3N2O6S3. The van der Waals surface area contributed by atoms with Gasteiger partial charge in [0.2, 0.25) is 0 Å². The molecule has 1 aromatic heterocycles. The van der Waals surface area contributed by atoms with Gasteiger partial charge in [0.1, 0.15) is 4.21 Å². The van der Waals surface area contributed by atoms with E-state index in [1.54, 1.807) is 79.7 Å². The summed E-state index contributed by atoms with van der Waals surface area (Å²) in [5.41, 5.74) is 0.0883. The van der Waals surface area contributed by atoms with Crippen LogP contribution in [-0.2, 0) is 26.2 Å². The summed E-state index contributed by atoms with van der Waals surface area (Å²) in [6, 6.07) is 34.0. The fraction of sp³-hybridized carbons (Fsp3) is 0.0476. The van der Waals surface area contributed by atoms with E-state index in [9.17, 15) is 39.6 Å². The van der Waals surface area contributed by atoms with Crippen molar-refractivity contribution in [3.8, 4) is 0 Å². The van der Waals surface area contributed by atoms with Gasteiger partial charge in [0.15, 0.2) is 11.6 Å². The Balaban J connectivity index is 0.000000199. The van der Waals surface area contributed by atoms with Gasteiger partial charge in [0, 0.05) is 42.0 Å². The van der Waals surface area contributed by atoms with Gasteiger partial charge < -0.3 is 0 Å². The quantitative estimate of drug-likeness (QED) is 0.132. The first-order valence-electron chi connectivity index (χ1n) is 17.0. The Morgan fingerprint density at radius 3 is 1.53 bits per heavy atom. The highest BCUT2D eigenvalue weighted by molar-refractivity contribution is 7.95. The number of carbonyl (C=O) groups excluding carboxylic acids is 2. The predicted molar refractivity (Wildman–Crippen MR) is 227 cm³/mol. The van der Waals surface area contributed by atoms with Gasteiger partial charge in [0.25, 0.3) is 20.0 Å². The van der Waals surface area contributed by atoms with Crippen LogP contribution in [-0.4, -0.2) is 28.4 Å². The summed E-state index contributed by atoms with van der Waals surface area (Å²) in [5.74, 6) is -0.856. The summed E-state index contributed by atoms with van der Waals surface area (Å²) in [7, 11) is -8.58. The van der Waals surface area contributed by atoms with Crippen LogP contribution in [0.2, 0.25) is 15.1 Å². The molecule has 0 saturated carbocycles. The van der Waals surface area contributed by atoms with Crippen LogP contribution < -0.4 is 9.44 Å². The van der Waals surface area contributed by atoms with E-state index in [0.717, 1.165) is 33.6 Å². The van der Waals surface area contributed by atoms with Crippen LogP contribution in [0.3, 0.4) is 0 Å². The van der Waals surface area contributed by atoms with Crippen LogP contribution in [0.5, 0.6) is 0 Å². The van der Waals surface area contributed by atoms with E-state index in [-0.39, 0.29) is 43.1 Å². The van der Waals surface area contributed by atoms with Crippen molar-refractivity contribution in [1.82, 2.24) is 0 Å². The fourth-order valence-electron chi connectivity index (χ4n) is 5.83. The molecule has 0 saturated heterocycles. The number of aryl methyl sites for hydroxylation is 1. The first-order valence-corrected chi connectivity index (χ1v) is 22.0. The van der Waals surface area contributed by atoms with Crippen molar-refractivity contribution >= 4 is 99.2 Å². The maximum Gasteiger partial charge on any atom is 0.417 e. The second kappa shape index (κ2) is 17.6. The molecule has 0 amide bonds. The number of alkyl halides is 3. The summed E-state index contributed by atoms with van der Waals surface area (Å²) in [4.78, 5) is 24.8. The highest BCUT2D eigenvalue weighted by Crippen LogP contribution is 2.38. The minimum Gasteiger partial charge on any atom is -0.289 e. The van der Waals surface area contributed by atoms with Crippen LogP contribution >= 0.6 is 46.1 Å². The minimum absolute atomic E-state index is 0.0863. The number of anilines is 2.